The highest BCUT2D eigenvalue weighted by Gasteiger charge is 2.28. The summed E-state index contributed by atoms with van der Waals surface area (Å²) in [5.74, 6) is -0.230. The average Bonchev–Trinajstić information content (AvgIpc) is 2.70. The van der Waals surface area contributed by atoms with Crippen molar-refractivity contribution < 1.29 is 12.8 Å². The molecule has 1 aromatic carbocycles. The van der Waals surface area contributed by atoms with Crippen LogP contribution in [-0.2, 0) is 16.4 Å². The zero-order chi connectivity index (χ0) is 14.3. The summed E-state index contributed by atoms with van der Waals surface area (Å²) >= 11 is 0. The molecular formula is C14H18FNO2S. The van der Waals surface area contributed by atoms with Gasteiger partial charge in [0.1, 0.15) is 5.82 Å². The molecule has 0 aliphatic carbocycles. The molecule has 5 heteroatoms. The predicted octanol–water partition coefficient (Wildman–Crippen LogP) is 2.99. The molecule has 0 radical (unpaired) electrons. The van der Waals surface area contributed by atoms with E-state index in [4.69, 9.17) is 0 Å². The number of fused-ring (bicyclic) bond motifs is 1. The number of benzene rings is 1. The second-order valence-corrected chi connectivity index (χ2v) is 8.48. The maximum absolute atomic E-state index is 13.5. The van der Waals surface area contributed by atoms with Gasteiger partial charge in [-0.3, -0.25) is 0 Å². The molecule has 0 atom stereocenters. The molecule has 0 aliphatic heterocycles. The van der Waals surface area contributed by atoms with Crippen molar-refractivity contribution in [2.24, 2.45) is 0 Å². The summed E-state index contributed by atoms with van der Waals surface area (Å²) in [6.07, 6.45) is 1.73. The standard InChI is InChI=1S/C14H18FNO2S/c1-14(2,3)19(17,18)10-9-16-8-7-11-12(15)5-4-6-13(11)16/h4-8H,9-10H2,1-3H3. The van der Waals surface area contributed by atoms with Crippen molar-refractivity contribution in [3.8, 4) is 0 Å². The van der Waals surface area contributed by atoms with Crippen LogP contribution in [0.3, 0.4) is 0 Å². The fourth-order valence-electron chi connectivity index (χ4n) is 1.91. The average molecular weight is 283 g/mol. The highest BCUT2D eigenvalue weighted by molar-refractivity contribution is 7.92. The summed E-state index contributed by atoms with van der Waals surface area (Å²) in [4.78, 5) is 0. The Morgan fingerprint density at radius 1 is 1.21 bits per heavy atom. The molecule has 0 fully saturated rings. The minimum absolute atomic E-state index is 0.0524. The van der Waals surface area contributed by atoms with E-state index >= 15 is 0 Å². The third kappa shape index (κ3) is 2.66. The van der Waals surface area contributed by atoms with E-state index in [-0.39, 0.29) is 11.6 Å². The first-order valence-electron chi connectivity index (χ1n) is 6.18. The molecule has 0 spiro atoms. The summed E-state index contributed by atoms with van der Waals surface area (Å²) < 4.78 is 38.7. The second-order valence-electron chi connectivity index (χ2n) is 5.61. The SMILES string of the molecule is CC(C)(C)S(=O)(=O)CCn1ccc2c(F)cccc21. The zero-order valence-corrected chi connectivity index (χ0v) is 12.2. The van der Waals surface area contributed by atoms with Crippen LogP contribution >= 0.6 is 0 Å². The van der Waals surface area contributed by atoms with Crippen molar-refractivity contribution in [1.29, 1.82) is 0 Å². The van der Waals surface area contributed by atoms with Crippen LogP contribution in [0.4, 0.5) is 4.39 Å². The van der Waals surface area contributed by atoms with Crippen molar-refractivity contribution >= 4 is 20.7 Å². The van der Waals surface area contributed by atoms with E-state index in [2.05, 4.69) is 0 Å². The van der Waals surface area contributed by atoms with Crippen LogP contribution < -0.4 is 0 Å². The molecule has 19 heavy (non-hydrogen) atoms. The molecule has 1 aromatic heterocycles. The van der Waals surface area contributed by atoms with Gasteiger partial charge in [-0.15, -0.1) is 0 Å². The van der Waals surface area contributed by atoms with Crippen molar-refractivity contribution in [1.82, 2.24) is 4.57 Å². The largest absolute Gasteiger partial charge is 0.346 e. The van der Waals surface area contributed by atoms with Gasteiger partial charge in [0.2, 0.25) is 0 Å². The van der Waals surface area contributed by atoms with Gasteiger partial charge in [-0.05, 0) is 39.0 Å². The Labute approximate surface area is 113 Å². The highest BCUT2D eigenvalue weighted by atomic mass is 32.2. The van der Waals surface area contributed by atoms with Gasteiger partial charge >= 0.3 is 0 Å². The van der Waals surface area contributed by atoms with E-state index in [1.807, 2.05) is 0 Å². The van der Waals surface area contributed by atoms with Crippen molar-refractivity contribution in [3.63, 3.8) is 0 Å². The molecule has 0 saturated carbocycles. The van der Waals surface area contributed by atoms with Gasteiger partial charge in [0.05, 0.1) is 16.0 Å². The van der Waals surface area contributed by atoms with Gasteiger partial charge in [-0.1, -0.05) is 6.07 Å². The lowest BCUT2D eigenvalue weighted by Crippen LogP contribution is -2.31. The Morgan fingerprint density at radius 2 is 1.89 bits per heavy atom. The molecular weight excluding hydrogens is 265 g/mol. The minimum atomic E-state index is -3.17. The topological polar surface area (TPSA) is 39.1 Å². The number of halogens is 1. The molecule has 3 nitrogen and oxygen atoms in total. The Morgan fingerprint density at radius 3 is 2.53 bits per heavy atom. The van der Waals surface area contributed by atoms with E-state index < -0.39 is 14.6 Å². The monoisotopic (exact) mass is 283 g/mol. The molecule has 2 rings (SSSR count). The molecule has 2 aromatic rings. The van der Waals surface area contributed by atoms with Gasteiger partial charge in [-0.2, -0.15) is 0 Å². The summed E-state index contributed by atoms with van der Waals surface area (Å²) in [5.41, 5.74) is 0.726. The first-order chi connectivity index (χ1) is 8.72. The maximum Gasteiger partial charge on any atom is 0.156 e. The number of hydrogen-bond donors (Lipinski definition) is 0. The lowest BCUT2D eigenvalue weighted by atomic mass is 10.2. The first kappa shape index (κ1) is 14.1. The number of aryl methyl sites for hydroxylation is 1. The molecule has 0 aliphatic rings. The third-order valence-electron chi connectivity index (χ3n) is 3.29. The number of sulfone groups is 1. The van der Waals surface area contributed by atoms with Crippen LogP contribution in [0.5, 0.6) is 0 Å². The predicted molar refractivity (Wildman–Crippen MR) is 75.4 cm³/mol. The molecule has 0 N–H and O–H groups in total. The number of aromatic nitrogens is 1. The van der Waals surface area contributed by atoms with E-state index in [0.29, 0.717) is 11.9 Å². The zero-order valence-electron chi connectivity index (χ0n) is 11.4. The van der Waals surface area contributed by atoms with E-state index in [1.165, 1.54) is 6.07 Å². The van der Waals surface area contributed by atoms with Gasteiger partial charge < -0.3 is 4.57 Å². The van der Waals surface area contributed by atoms with Crippen LogP contribution in [-0.4, -0.2) is 23.5 Å². The minimum Gasteiger partial charge on any atom is -0.346 e. The molecule has 0 amide bonds. The Kier molecular flexibility index (Phi) is 3.43. The lowest BCUT2D eigenvalue weighted by Gasteiger charge is -2.19. The van der Waals surface area contributed by atoms with Crippen molar-refractivity contribution in [2.45, 2.75) is 32.1 Å². The lowest BCUT2D eigenvalue weighted by molar-refractivity contribution is 0.555. The number of nitrogens with zero attached hydrogens (tertiary/aromatic N) is 1. The maximum atomic E-state index is 13.5. The second kappa shape index (κ2) is 4.63. The van der Waals surface area contributed by atoms with Crippen molar-refractivity contribution in [2.75, 3.05) is 5.75 Å². The van der Waals surface area contributed by atoms with E-state index in [1.54, 1.807) is 49.7 Å². The Hall–Kier alpha value is -1.36. The van der Waals surface area contributed by atoms with Gasteiger partial charge in [0, 0.05) is 18.1 Å². The van der Waals surface area contributed by atoms with Crippen LogP contribution in [0.2, 0.25) is 0 Å². The summed E-state index contributed by atoms with van der Waals surface area (Å²) in [5, 5.41) is 0.524. The summed E-state index contributed by atoms with van der Waals surface area (Å²) in [6, 6.07) is 6.50. The van der Waals surface area contributed by atoms with Crippen LogP contribution in [0.25, 0.3) is 10.9 Å². The van der Waals surface area contributed by atoms with Crippen LogP contribution in [0, 0.1) is 5.82 Å². The van der Waals surface area contributed by atoms with Gasteiger partial charge in [0.15, 0.2) is 9.84 Å². The summed E-state index contributed by atoms with van der Waals surface area (Å²) in [7, 11) is -3.17. The van der Waals surface area contributed by atoms with E-state index in [9.17, 15) is 12.8 Å². The van der Waals surface area contributed by atoms with E-state index in [0.717, 1.165) is 5.52 Å². The molecule has 0 unspecified atom stereocenters. The fourth-order valence-corrected chi connectivity index (χ4v) is 2.96. The Bertz CT molecular complexity index is 696. The molecule has 104 valence electrons. The molecule has 0 bridgehead atoms. The Balaban J connectivity index is 2.27. The first-order valence-corrected chi connectivity index (χ1v) is 7.83. The van der Waals surface area contributed by atoms with Crippen LogP contribution in [0.1, 0.15) is 20.8 Å². The summed E-state index contributed by atoms with van der Waals surface area (Å²) in [6.45, 7) is 5.41. The van der Waals surface area contributed by atoms with Crippen molar-refractivity contribution in [3.05, 3.63) is 36.3 Å². The quantitative estimate of drug-likeness (QED) is 0.868. The normalized spacial score (nSPS) is 13.1. The number of hydrogen-bond acceptors (Lipinski definition) is 2. The third-order valence-corrected chi connectivity index (χ3v) is 5.88. The van der Waals surface area contributed by atoms with Gasteiger partial charge in [0.25, 0.3) is 0 Å². The van der Waals surface area contributed by atoms with Crippen LogP contribution in [0.15, 0.2) is 30.5 Å². The number of rotatable bonds is 3. The molecule has 0 saturated heterocycles. The highest BCUT2D eigenvalue weighted by Crippen LogP contribution is 2.21. The smallest absolute Gasteiger partial charge is 0.156 e. The fraction of sp³-hybridized carbons (Fsp3) is 0.429. The molecule has 1 heterocycles. The van der Waals surface area contributed by atoms with Gasteiger partial charge in [-0.25, -0.2) is 12.8 Å².